The number of sulfone groups is 1. The predicted molar refractivity (Wildman–Crippen MR) is 80.1 cm³/mol. The third-order valence-corrected chi connectivity index (χ3v) is 6.67. The van der Waals surface area contributed by atoms with Gasteiger partial charge in [-0.05, 0) is 17.7 Å². The molecule has 20 heavy (non-hydrogen) atoms. The maximum absolute atomic E-state index is 12.2. The average molecular weight is 358 g/mol. The molecule has 1 aliphatic carbocycles. The van der Waals surface area contributed by atoms with Crippen molar-refractivity contribution in [2.24, 2.45) is 5.41 Å². The molecule has 0 amide bonds. The molecule has 108 valence electrons. The van der Waals surface area contributed by atoms with Gasteiger partial charge in [0.2, 0.25) is 0 Å². The zero-order chi connectivity index (χ0) is 15.0. The van der Waals surface area contributed by atoms with Crippen LogP contribution in [0.3, 0.4) is 0 Å². The maximum atomic E-state index is 12.2. The van der Waals surface area contributed by atoms with E-state index in [0.29, 0.717) is 0 Å². The van der Waals surface area contributed by atoms with Gasteiger partial charge in [0.05, 0.1) is 17.9 Å². The molecule has 0 N–H and O–H groups in total. The van der Waals surface area contributed by atoms with Gasteiger partial charge in [-0.3, -0.25) is 0 Å². The van der Waals surface area contributed by atoms with E-state index in [9.17, 15) is 13.7 Å². The van der Waals surface area contributed by atoms with Crippen molar-refractivity contribution in [1.29, 1.82) is 5.26 Å². The Labute approximate surface area is 127 Å². The molecule has 0 radical (unpaired) electrons. The van der Waals surface area contributed by atoms with Crippen LogP contribution < -0.4 is 0 Å². The van der Waals surface area contributed by atoms with Gasteiger partial charge in [-0.25, -0.2) is 8.42 Å². The summed E-state index contributed by atoms with van der Waals surface area (Å²) < 4.78 is 30.5. The van der Waals surface area contributed by atoms with E-state index in [2.05, 4.69) is 22.0 Å². The summed E-state index contributed by atoms with van der Waals surface area (Å²) in [6.45, 7) is 1.75. The minimum absolute atomic E-state index is 0.0395. The number of methoxy groups -OCH3 is 1. The van der Waals surface area contributed by atoms with Crippen molar-refractivity contribution in [2.45, 2.75) is 18.1 Å². The molecule has 0 spiro atoms. The minimum Gasteiger partial charge on any atom is -0.383 e. The Kier molecular flexibility index (Phi) is 4.24. The molecule has 0 saturated heterocycles. The molecular weight excluding hydrogens is 342 g/mol. The molecule has 1 saturated carbocycles. The van der Waals surface area contributed by atoms with Gasteiger partial charge in [-0.15, -0.1) is 0 Å². The van der Waals surface area contributed by atoms with E-state index in [1.54, 1.807) is 6.92 Å². The van der Waals surface area contributed by atoms with Crippen LogP contribution in [0, 0.1) is 16.7 Å². The second-order valence-corrected chi connectivity index (χ2v) is 8.31. The van der Waals surface area contributed by atoms with Gasteiger partial charge in [-0.2, -0.15) is 5.26 Å². The lowest BCUT2D eigenvalue weighted by atomic mass is 10.0. The highest BCUT2D eigenvalue weighted by atomic mass is 79.9. The Hall–Kier alpha value is -0.900. The van der Waals surface area contributed by atoms with Crippen LogP contribution in [0.5, 0.6) is 0 Å². The van der Waals surface area contributed by atoms with Gasteiger partial charge in [0.25, 0.3) is 0 Å². The lowest BCUT2D eigenvalue weighted by molar-refractivity contribution is 0.162. The Bertz CT molecular complexity index is 635. The standard InChI is InChI=1S/C14H16BrNO3S/c1-3-20(17,18)13-12(14(13,8-16)9-19-2)10-4-6-11(15)7-5-10/h4-7,12-13H,3,9H2,1-2H3. The molecule has 0 heterocycles. The van der Waals surface area contributed by atoms with Gasteiger partial charge in [0.1, 0.15) is 5.41 Å². The van der Waals surface area contributed by atoms with E-state index < -0.39 is 20.5 Å². The van der Waals surface area contributed by atoms with E-state index >= 15 is 0 Å². The fraction of sp³-hybridized carbons (Fsp3) is 0.500. The highest BCUT2D eigenvalue weighted by Gasteiger charge is 2.71. The summed E-state index contributed by atoms with van der Waals surface area (Å²) in [6.07, 6.45) is 0. The summed E-state index contributed by atoms with van der Waals surface area (Å²) in [5.41, 5.74) is -0.0916. The Morgan fingerprint density at radius 1 is 1.40 bits per heavy atom. The van der Waals surface area contributed by atoms with Crippen molar-refractivity contribution >= 4 is 25.8 Å². The van der Waals surface area contributed by atoms with Crippen molar-refractivity contribution in [2.75, 3.05) is 19.5 Å². The van der Waals surface area contributed by atoms with Gasteiger partial charge < -0.3 is 4.74 Å². The van der Waals surface area contributed by atoms with Crippen molar-refractivity contribution < 1.29 is 13.2 Å². The maximum Gasteiger partial charge on any atom is 0.155 e. The monoisotopic (exact) mass is 357 g/mol. The number of hydrogen-bond acceptors (Lipinski definition) is 4. The molecule has 6 heteroatoms. The fourth-order valence-electron chi connectivity index (χ4n) is 2.83. The third kappa shape index (κ3) is 2.39. The second kappa shape index (κ2) is 5.47. The number of benzene rings is 1. The minimum atomic E-state index is -3.29. The Balaban J connectivity index is 2.45. The van der Waals surface area contributed by atoms with Crippen LogP contribution in [-0.2, 0) is 14.6 Å². The van der Waals surface area contributed by atoms with Crippen molar-refractivity contribution in [3.8, 4) is 6.07 Å². The van der Waals surface area contributed by atoms with Crippen LogP contribution in [0.15, 0.2) is 28.7 Å². The topological polar surface area (TPSA) is 67.2 Å². The highest BCUT2D eigenvalue weighted by Crippen LogP contribution is 2.62. The number of nitriles is 1. The number of halogens is 1. The molecule has 0 bridgehead atoms. The summed E-state index contributed by atoms with van der Waals surface area (Å²) >= 11 is 3.35. The molecule has 3 unspecified atom stereocenters. The van der Waals surface area contributed by atoms with Crippen LogP contribution >= 0.6 is 15.9 Å². The fourth-order valence-corrected chi connectivity index (χ4v) is 5.10. The molecule has 4 nitrogen and oxygen atoms in total. The van der Waals surface area contributed by atoms with Crippen LogP contribution in [0.4, 0.5) is 0 Å². The van der Waals surface area contributed by atoms with Crippen LogP contribution in [0.1, 0.15) is 18.4 Å². The van der Waals surface area contributed by atoms with Crippen molar-refractivity contribution in [3.63, 3.8) is 0 Å². The normalized spacial score (nSPS) is 28.9. The van der Waals surface area contributed by atoms with Crippen molar-refractivity contribution in [1.82, 2.24) is 0 Å². The first kappa shape index (κ1) is 15.5. The highest BCUT2D eigenvalue weighted by molar-refractivity contribution is 9.10. The van der Waals surface area contributed by atoms with E-state index in [-0.39, 0.29) is 18.3 Å². The van der Waals surface area contributed by atoms with Gasteiger partial charge in [-0.1, -0.05) is 35.0 Å². The van der Waals surface area contributed by atoms with Crippen LogP contribution in [0.25, 0.3) is 0 Å². The third-order valence-electron chi connectivity index (χ3n) is 3.87. The SMILES string of the molecule is CCS(=O)(=O)C1C(c2ccc(Br)cc2)C1(C#N)COC. The van der Waals surface area contributed by atoms with Gasteiger partial charge in [0.15, 0.2) is 9.84 Å². The summed E-state index contributed by atoms with van der Waals surface area (Å²) in [7, 11) is -1.80. The molecule has 3 atom stereocenters. The number of rotatable bonds is 5. The Morgan fingerprint density at radius 2 is 2.00 bits per heavy atom. The predicted octanol–water partition coefficient (Wildman–Crippen LogP) is 2.51. The number of ether oxygens (including phenoxy) is 1. The van der Waals surface area contributed by atoms with Gasteiger partial charge >= 0.3 is 0 Å². The molecule has 0 aliphatic heterocycles. The lowest BCUT2D eigenvalue weighted by Crippen LogP contribution is -2.20. The average Bonchev–Trinajstić information content (AvgIpc) is 3.10. The molecule has 1 fully saturated rings. The first-order valence-corrected chi connectivity index (χ1v) is 8.81. The quantitative estimate of drug-likeness (QED) is 0.811. The molecule has 1 aromatic rings. The van der Waals surface area contributed by atoms with Crippen molar-refractivity contribution in [3.05, 3.63) is 34.3 Å². The number of hydrogen-bond donors (Lipinski definition) is 0. The van der Waals surface area contributed by atoms with E-state index in [1.165, 1.54) is 7.11 Å². The Morgan fingerprint density at radius 3 is 2.45 bits per heavy atom. The molecule has 0 aromatic heterocycles. The zero-order valence-corrected chi connectivity index (χ0v) is 13.7. The molecule has 1 aliphatic rings. The summed E-state index contributed by atoms with van der Waals surface area (Å²) in [4.78, 5) is 0. The molecule has 1 aromatic carbocycles. The van der Waals surface area contributed by atoms with E-state index in [1.807, 2.05) is 24.3 Å². The summed E-state index contributed by atoms with van der Waals surface area (Å²) in [5, 5.41) is 8.82. The molecule has 2 rings (SSSR count). The second-order valence-electron chi connectivity index (χ2n) is 4.99. The lowest BCUT2D eigenvalue weighted by Gasteiger charge is -2.07. The smallest absolute Gasteiger partial charge is 0.155 e. The summed E-state index contributed by atoms with van der Waals surface area (Å²) in [5.74, 6) is -0.275. The van der Waals surface area contributed by atoms with Crippen LogP contribution in [0.2, 0.25) is 0 Å². The molecular formula is C14H16BrNO3S. The first-order chi connectivity index (χ1) is 9.43. The first-order valence-electron chi connectivity index (χ1n) is 6.30. The van der Waals surface area contributed by atoms with E-state index in [0.717, 1.165) is 10.0 Å². The largest absolute Gasteiger partial charge is 0.383 e. The van der Waals surface area contributed by atoms with E-state index in [4.69, 9.17) is 4.74 Å². The number of nitrogens with zero attached hydrogens (tertiary/aromatic N) is 1. The van der Waals surface area contributed by atoms with Crippen LogP contribution in [-0.4, -0.2) is 33.1 Å². The van der Waals surface area contributed by atoms with Gasteiger partial charge in [0, 0.05) is 23.3 Å². The zero-order valence-electron chi connectivity index (χ0n) is 11.3. The summed E-state index contributed by atoms with van der Waals surface area (Å²) in [6, 6.07) is 9.64.